The van der Waals surface area contributed by atoms with Gasteiger partial charge >= 0.3 is 0 Å². The molecule has 0 spiro atoms. The number of rotatable bonds is 5. The summed E-state index contributed by atoms with van der Waals surface area (Å²) in [7, 11) is 1.62. The van der Waals surface area contributed by atoms with Gasteiger partial charge in [0.2, 0.25) is 5.89 Å². The Labute approximate surface area is 176 Å². The molecule has 1 N–H and O–H groups in total. The summed E-state index contributed by atoms with van der Waals surface area (Å²) in [5.41, 5.74) is 2.68. The maximum atomic E-state index is 12.9. The van der Waals surface area contributed by atoms with Crippen molar-refractivity contribution in [1.82, 2.24) is 4.98 Å². The number of halogens is 1. The SMILES string of the molecule is COc1ccc(-c2cnc(-c3ccccc3C(=O)Nc3cccc(Br)c3)o2)cc1. The minimum atomic E-state index is -0.233. The number of ether oxygens (including phenoxy) is 1. The molecule has 3 aromatic carbocycles. The van der Waals surface area contributed by atoms with Gasteiger partial charge in [-0.25, -0.2) is 4.98 Å². The molecule has 1 heterocycles. The van der Waals surface area contributed by atoms with Gasteiger partial charge in [0.25, 0.3) is 5.91 Å². The van der Waals surface area contributed by atoms with Crippen molar-refractivity contribution < 1.29 is 13.9 Å². The molecule has 0 fully saturated rings. The van der Waals surface area contributed by atoms with Crippen LogP contribution in [0.2, 0.25) is 0 Å². The van der Waals surface area contributed by atoms with Crippen molar-refractivity contribution in [1.29, 1.82) is 0 Å². The molecule has 1 amide bonds. The molecule has 0 aliphatic carbocycles. The second kappa shape index (κ2) is 8.32. The Balaban J connectivity index is 1.63. The number of aromatic nitrogens is 1. The van der Waals surface area contributed by atoms with Crippen LogP contribution >= 0.6 is 15.9 Å². The first-order valence-corrected chi connectivity index (χ1v) is 9.70. The number of anilines is 1. The molecule has 0 saturated carbocycles. The smallest absolute Gasteiger partial charge is 0.256 e. The molecule has 0 radical (unpaired) electrons. The van der Waals surface area contributed by atoms with Crippen LogP contribution in [0.1, 0.15) is 10.4 Å². The molecule has 0 saturated heterocycles. The van der Waals surface area contributed by atoms with Crippen molar-refractivity contribution in [3.63, 3.8) is 0 Å². The molecular formula is C23H17BrN2O3. The number of oxazole rings is 1. The summed E-state index contributed by atoms with van der Waals surface area (Å²) in [5, 5.41) is 2.91. The first kappa shape index (κ1) is 19.0. The fourth-order valence-electron chi connectivity index (χ4n) is 2.92. The van der Waals surface area contributed by atoms with E-state index in [0.29, 0.717) is 28.5 Å². The van der Waals surface area contributed by atoms with Crippen LogP contribution in [0.5, 0.6) is 5.75 Å². The summed E-state index contributed by atoms with van der Waals surface area (Å²) >= 11 is 3.41. The predicted molar refractivity (Wildman–Crippen MR) is 116 cm³/mol. The number of nitrogens with zero attached hydrogens (tertiary/aromatic N) is 1. The summed E-state index contributed by atoms with van der Waals surface area (Å²) in [6.45, 7) is 0. The molecule has 6 heteroatoms. The molecule has 0 unspecified atom stereocenters. The Kier molecular flexibility index (Phi) is 5.44. The van der Waals surface area contributed by atoms with Crippen molar-refractivity contribution in [2.75, 3.05) is 12.4 Å². The summed E-state index contributed by atoms with van der Waals surface area (Å²) in [6, 6.07) is 22.2. The van der Waals surface area contributed by atoms with E-state index in [1.54, 1.807) is 19.4 Å². The van der Waals surface area contributed by atoms with E-state index < -0.39 is 0 Å². The Hall–Kier alpha value is -3.38. The van der Waals surface area contributed by atoms with E-state index in [1.807, 2.05) is 66.7 Å². The van der Waals surface area contributed by atoms with Gasteiger partial charge < -0.3 is 14.5 Å². The number of amides is 1. The summed E-state index contributed by atoms with van der Waals surface area (Å²) in [6.07, 6.45) is 1.65. The average molecular weight is 449 g/mol. The lowest BCUT2D eigenvalue weighted by Crippen LogP contribution is -2.13. The second-order valence-corrected chi connectivity index (χ2v) is 7.18. The number of hydrogen-bond acceptors (Lipinski definition) is 4. The van der Waals surface area contributed by atoms with Crippen LogP contribution in [-0.2, 0) is 0 Å². The van der Waals surface area contributed by atoms with E-state index in [9.17, 15) is 4.79 Å². The van der Waals surface area contributed by atoms with Crippen molar-refractivity contribution >= 4 is 27.5 Å². The van der Waals surface area contributed by atoms with E-state index in [2.05, 4.69) is 26.2 Å². The lowest BCUT2D eigenvalue weighted by molar-refractivity contribution is 0.102. The summed E-state index contributed by atoms with van der Waals surface area (Å²) in [5.74, 6) is 1.53. The molecule has 1 aromatic heterocycles. The number of carbonyl (C=O) groups excluding carboxylic acids is 1. The topological polar surface area (TPSA) is 64.4 Å². The van der Waals surface area contributed by atoms with Crippen molar-refractivity contribution in [2.24, 2.45) is 0 Å². The molecule has 4 aromatic rings. The first-order chi connectivity index (χ1) is 14.1. The predicted octanol–water partition coefficient (Wildman–Crippen LogP) is 6.03. The van der Waals surface area contributed by atoms with E-state index in [4.69, 9.17) is 9.15 Å². The number of nitrogens with one attached hydrogen (secondary N) is 1. The normalized spacial score (nSPS) is 10.6. The zero-order valence-corrected chi connectivity index (χ0v) is 17.1. The molecule has 0 aliphatic heterocycles. The number of hydrogen-bond donors (Lipinski definition) is 1. The van der Waals surface area contributed by atoms with Gasteiger partial charge in [-0.1, -0.05) is 34.1 Å². The van der Waals surface area contributed by atoms with E-state index >= 15 is 0 Å². The molecule has 0 aliphatic rings. The van der Waals surface area contributed by atoms with Gasteiger partial charge in [0, 0.05) is 21.3 Å². The highest BCUT2D eigenvalue weighted by Crippen LogP contribution is 2.29. The maximum absolute atomic E-state index is 12.9. The molecule has 0 bridgehead atoms. The highest BCUT2D eigenvalue weighted by atomic mass is 79.9. The highest BCUT2D eigenvalue weighted by molar-refractivity contribution is 9.10. The Morgan fingerprint density at radius 3 is 2.59 bits per heavy atom. The third-order valence-corrected chi connectivity index (χ3v) is 4.86. The second-order valence-electron chi connectivity index (χ2n) is 6.27. The van der Waals surface area contributed by atoms with Crippen LogP contribution < -0.4 is 10.1 Å². The van der Waals surface area contributed by atoms with Gasteiger partial charge in [-0.05, 0) is 54.6 Å². The molecule has 144 valence electrons. The minimum Gasteiger partial charge on any atom is -0.497 e. The van der Waals surface area contributed by atoms with E-state index in [0.717, 1.165) is 15.8 Å². The molecule has 5 nitrogen and oxygen atoms in total. The van der Waals surface area contributed by atoms with Crippen LogP contribution in [0, 0.1) is 0 Å². The Morgan fingerprint density at radius 1 is 1.03 bits per heavy atom. The van der Waals surface area contributed by atoms with Crippen LogP contribution in [0.25, 0.3) is 22.8 Å². The molecule has 29 heavy (non-hydrogen) atoms. The fraction of sp³-hybridized carbons (Fsp3) is 0.0435. The van der Waals surface area contributed by atoms with Crippen molar-refractivity contribution in [2.45, 2.75) is 0 Å². The largest absolute Gasteiger partial charge is 0.497 e. The van der Waals surface area contributed by atoms with E-state index in [1.165, 1.54) is 0 Å². The highest BCUT2D eigenvalue weighted by Gasteiger charge is 2.17. The molecule has 0 atom stereocenters. The monoisotopic (exact) mass is 448 g/mol. The van der Waals surface area contributed by atoms with Crippen LogP contribution in [-0.4, -0.2) is 18.0 Å². The van der Waals surface area contributed by atoms with Gasteiger partial charge in [0.15, 0.2) is 5.76 Å². The average Bonchev–Trinajstić information content (AvgIpc) is 3.24. The zero-order chi connectivity index (χ0) is 20.2. The van der Waals surface area contributed by atoms with Crippen molar-refractivity contribution in [3.05, 3.63) is 89.0 Å². The fourth-order valence-corrected chi connectivity index (χ4v) is 3.32. The minimum absolute atomic E-state index is 0.233. The van der Waals surface area contributed by atoms with Gasteiger partial charge in [0.1, 0.15) is 5.75 Å². The lowest BCUT2D eigenvalue weighted by Gasteiger charge is -2.08. The lowest BCUT2D eigenvalue weighted by atomic mass is 10.1. The first-order valence-electron chi connectivity index (χ1n) is 8.90. The van der Waals surface area contributed by atoms with Gasteiger partial charge in [0.05, 0.1) is 18.9 Å². The summed E-state index contributed by atoms with van der Waals surface area (Å²) < 4.78 is 12.0. The van der Waals surface area contributed by atoms with Crippen LogP contribution in [0.15, 0.2) is 87.9 Å². The van der Waals surface area contributed by atoms with Crippen LogP contribution in [0.4, 0.5) is 5.69 Å². The quantitative estimate of drug-likeness (QED) is 0.404. The third kappa shape index (κ3) is 4.22. The van der Waals surface area contributed by atoms with Gasteiger partial charge in [-0.2, -0.15) is 0 Å². The Morgan fingerprint density at radius 2 is 1.83 bits per heavy atom. The molecular weight excluding hydrogens is 432 g/mol. The third-order valence-electron chi connectivity index (χ3n) is 4.36. The van der Waals surface area contributed by atoms with Crippen LogP contribution in [0.3, 0.4) is 0 Å². The zero-order valence-electron chi connectivity index (χ0n) is 15.6. The van der Waals surface area contributed by atoms with E-state index in [-0.39, 0.29) is 5.91 Å². The summed E-state index contributed by atoms with van der Waals surface area (Å²) in [4.78, 5) is 17.2. The Bertz CT molecular complexity index is 1150. The maximum Gasteiger partial charge on any atom is 0.256 e. The van der Waals surface area contributed by atoms with Crippen molar-refractivity contribution in [3.8, 4) is 28.5 Å². The van der Waals surface area contributed by atoms with Gasteiger partial charge in [-0.15, -0.1) is 0 Å². The van der Waals surface area contributed by atoms with Gasteiger partial charge in [-0.3, -0.25) is 4.79 Å². The number of methoxy groups -OCH3 is 1. The number of benzene rings is 3. The molecule has 4 rings (SSSR count). The standard InChI is InChI=1S/C23H17BrN2O3/c1-28-18-11-9-15(10-12-18)21-14-25-23(29-21)20-8-3-2-7-19(20)22(27)26-17-6-4-5-16(24)13-17/h2-14H,1H3,(H,26,27). The number of carbonyl (C=O) groups is 1.